The third-order valence-electron chi connectivity index (χ3n) is 7.46. The summed E-state index contributed by atoms with van der Waals surface area (Å²) >= 11 is 0. The number of carbonyl (C=O) groups excluding carboxylic acids is 2. The normalized spacial score (nSPS) is 38.1. The van der Waals surface area contributed by atoms with Crippen LogP contribution in [0.1, 0.15) is 23.5 Å². The van der Waals surface area contributed by atoms with E-state index in [4.69, 9.17) is 0 Å². The van der Waals surface area contributed by atoms with Crippen LogP contribution in [-0.4, -0.2) is 16.7 Å². The number of allylic oxidation sites excluding steroid dienone is 2. The number of nitrogens with zero attached hydrogens (tertiary/aromatic N) is 1. The molecule has 3 heteroatoms. The molecule has 1 aliphatic heterocycles. The Labute approximate surface area is 158 Å². The maximum absolute atomic E-state index is 13.2. The summed E-state index contributed by atoms with van der Waals surface area (Å²) in [5, 5.41) is 0. The van der Waals surface area contributed by atoms with Crippen LogP contribution < -0.4 is 0 Å². The van der Waals surface area contributed by atoms with Crippen molar-refractivity contribution < 1.29 is 9.59 Å². The Morgan fingerprint density at radius 2 is 1.37 bits per heavy atom. The molecule has 2 saturated carbocycles. The van der Waals surface area contributed by atoms with Gasteiger partial charge in [-0.1, -0.05) is 72.8 Å². The minimum atomic E-state index is -0.148. The molecule has 3 aliphatic carbocycles. The smallest absolute Gasteiger partial charge is 0.234 e. The van der Waals surface area contributed by atoms with E-state index in [0.29, 0.717) is 12.5 Å². The van der Waals surface area contributed by atoms with Crippen molar-refractivity contribution in [3.05, 3.63) is 83.9 Å². The molecule has 1 heterocycles. The minimum absolute atomic E-state index is 0.0452. The molecule has 27 heavy (non-hydrogen) atoms. The van der Waals surface area contributed by atoms with E-state index in [1.165, 1.54) is 10.5 Å². The fourth-order valence-electron chi connectivity index (χ4n) is 6.32. The van der Waals surface area contributed by atoms with Crippen LogP contribution in [0.15, 0.2) is 72.8 Å². The second-order valence-electron chi connectivity index (χ2n) is 8.52. The molecule has 2 bridgehead atoms. The molecule has 2 amide bonds. The minimum Gasteiger partial charge on any atom is -0.278 e. The van der Waals surface area contributed by atoms with Gasteiger partial charge in [0.1, 0.15) is 0 Å². The van der Waals surface area contributed by atoms with E-state index in [-0.39, 0.29) is 40.9 Å². The Balaban J connectivity index is 1.31. The Morgan fingerprint density at radius 1 is 0.815 bits per heavy atom. The van der Waals surface area contributed by atoms with Gasteiger partial charge in [-0.05, 0) is 40.7 Å². The molecule has 4 aliphatic rings. The zero-order valence-electron chi connectivity index (χ0n) is 15.0. The first kappa shape index (κ1) is 15.4. The zero-order valence-corrected chi connectivity index (χ0v) is 15.0. The summed E-state index contributed by atoms with van der Waals surface area (Å²) in [6, 6.07) is 20.4. The van der Waals surface area contributed by atoms with Gasteiger partial charge in [0, 0.05) is 0 Å². The fourth-order valence-corrected chi connectivity index (χ4v) is 6.32. The second-order valence-corrected chi connectivity index (χ2v) is 8.52. The maximum atomic E-state index is 13.2. The van der Waals surface area contributed by atoms with Crippen LogP contribution in [0, 0.1) is 29.1 Å². The third-order valence-corrected chi connectivity index (χ3v) is 7.46. The number of imide groups is 1. The summed E-state index contributed by atoms with van der Waals surface area (Å²) in [5.41, 5.74) is 2.49. The van der Waals surface area contributed by atoms with E-state index >= 15 is 0 Å². The largest absolute Gasteiger partial charge is 0.278 e. The van der Waals surface area contributed by atoms with Crippen LogP contribution in [0.3, 0.4) is 0 Å². The Kier molecular flexibility index (Phi) is 2.96. The van der Waals surface area contributed by atoms with Crippen molar-refractivity contribution in [2.24, 2.45) is 29.1 Å². The predicted molar refractivity (Wildman–Crippen MR) is 101 cm³/mol. The van der Waals surface area contributed by atoms with E-state index in [9.17, 15) is 9.59 Å². The highest BCUT2D eigenvalue weighted by atomic mass is 16.2. The van der Waals surface area contributed by atoms with Crippen LogP contribution in [0.5, 0.6) is 0 Å². The quantitative estimate of drug-likeness (QED) is 0.621. The lowest BCUT2D eigenvalue weighted by molar-refractivity contribution is -0.141. The van der Waals surface area contributed by atoms with Crippen molar-refractivity contribution in [1.82, 2.24) is 4.90 Å². The number of hydrogen-bond donors (Lipinski definition) is 0. The second kappa shape index (κ2) is 5.19. The van der Waals surface area contributed by atoms with Crippen LogP contribution in [0.2, 0.25) is 0 Å². The van der Waals surface area contributed by atoms with Crippen molar-refractivity contribution in [1.29, 1.82) is 0 Å². The molecule has 0 radical (unpaired) electrons. The molecule has 0 aromatic heterocycles. The summed E-state index contributed by atoms with van der Waals surface area (Å²) in [7, 11) is 0. The highest BCUT2D eigenvalue weighted by Crippen LogP contribution is 2.79. The number of likely N-dealkylation sites (tertiary alicyclic amines) is 1. The number of hydrogen-bond acceptors (Lipinski definition) is 2. The van der Waals surface area contributed by atoms with Gasteiger partial charge < -0.3 is 0 Å². The topological polar surface area (TPSA) is 37.4 Å². The van der Waals surface area contributed by atoms with Gasteiger partial charge >= 0.3 is 0 Å². The van der Waals surface area contributed by atoms with Gasteiger partial charge in [-0.2, -0.15) is 0 Å². The highest BCUT2D eigenvalue weighted by molar-refractivity contribution is 6.06. The van der Waals surface area contributed by atoms with Crippen molar-refractivity contribution in [3.8, 4) is 0 Å². The lowest BCUT2D eigenvalue weighted by Gasteiger charge is -2.23. The van der Waals surface area contributed by atoms with Gasteiger partial charge in [0.15, 0.2) is 0 Å². The van der Waals surface area contributed by atoms with E-state index < -0.39 is 0 Å². The standard InChI is InChI=1S/C24H21NO2/c26-22-20-17-11-12-18(24(17)13-19(24)16-9-5-2-6-10-16)21(20)23(27)25(22)14-15-7-3-1-4-8-15/h1-12,17-21H,13-14H2/t17-,18-,19+,20-,21+,24?/m1/s1. The summed E-state index contributed by atoms with van der Waals surface area (Å²) in [5.74, 6) is 0.713. The van der Waals surface area contributed by atoms with Gasteiger partial charge in [-0.15, -0.1) is 0 Å². The predicted octanol–water partition coefficient (Wildman–Crippen LogP) is 3.78. The molecule has 134 valence electrons. The van der Waals surface area contributed by atoms with Crippen molar-refractivity contribution >= 4 is 11.8 Å². The molecule has 6 atom stereocenters. The molecule has 1 unspecified atom stereocenters. The monoisotopic (exact) mass is 355 g/mol. The number of rotatable bonds is 3. The maximum Gasteiger partial charge on any atom is 0.234 e. The van der Waals surface area contributed by atoms with E-state index in [2.05, 4.69) is 36.4 Å². The first-order chi connectivity index (χ1) is 13.2. The molecule has 3 nitrogen and oxygen atoms in total. The summed E-state index contributed by atoms with van der Waals surface area (Å²) in [6.07, 6.45) is 5.59. The molecule has 2 aromatic rings. The molecule has 1 saturated heterocycles. The number of amides is 2. The van der Waals surface area contributed by atoms with Crippen LogP contribution in [0.25, 0.3) is 0 Å². The number of fused-ring (bicyclic) bond motifs is 3. The Bertz CT molecular complexity index is 932. The van der Waals surface area contributed by atoms with Gasteiger partial charge in [0.05, 0.1) is 18.4 Å². The zero-order chi connectivity index (χ0) is 18.2. The fraction of sp³-hybridized carbons (Fsp3) is 0.333. The molecule has 6 rings (SSSR count). The van der Waals surface area contributed by atoms with Gasteiger partial charge in [-0.3, -0.25) is 14.5 Å². The Hall–Kier alpha value is -2.68. The van der Waals surface area contributed by atoms with E-state index in [0.717, 1.165) is 12.0 Å². The van der Waals surface area contributed by atoms with Crippen molar-refractivity contribution in [3.63, 3.8) is 0 Å². The highest BCUT2D eigenvalue weighted by Gasteiger charge is 2.77. The molecule has 0 N–H and O–H groups in total. The molecule has 2 aromatic carbocycles. The summed E-state index contributed by atoms with van der Waals surface area (Å²) < 4.78 is 0. The first-order valence-corrected chi connectivity index (χ1v) is 9.84. The van der Waals surface area contributed by atoms with E-state index in [1.54, 1.807) is 0 Å². The summed E-state index contributed by atoms with van der Waals surface area (Å²) in [4.78, 5) is 28.0. The third kappa shape index (κ3) is 1.87. The van der Waals surface area contributed by atoms with Gasteiger partial charge in [-0.25, -0.2) is 0 Å². The molecule has 1 spiro atoms. The van der Waals surface area contributed by atoms with E-state index in [1.807, 2.05) is 36.4 Å². The molecular formula is C24H21NO2. The average Bonchev–Trinajstić information content (AvgIpc) is 3.21. The number of benzene rings is 2. The lowest BCUT2D eigenvalue weighted by atomic mass is 9.85. The average molecular weight is 355 g/mol. The van der Waals surface area contributed by atoms with Crippen LogP contribution in [-0.2, 0) is 16.1 Å². The lowest BCUT2D eigenvalue weighted by Crippen LogP contribution is -2.34. The van der Waals surface area contributed by atoms with Gasteiger partial charge in [0.25, 0.3) is 0 Å². The van der Waals surface area contributed by atoms with Gasteiger partial charge in [0.2, 0.25) is 11.8 Å². The Morgan fingerprint density at radius 3 is 1.96 bits per heavy atom. The first-order valence-electron chi connectivity index (χ1n) is 9.84. The van der Waals surface area contributed by atoms with Crippen molar-refractivity contribution in [2.75, 3.05) is 0 Å². The number of carbonyl (C=O) groups is 2. The van der Waals surface area contributed by atoms with Crippen molar-refractivity contribution in [2.45, 2.75) is 18.9 Å². The van der Waals surface area contributed by atoms with Crippen LogP contribution in [0.4, 0.5) is 0 Å². The van der Waals surface area contributed by atoms with Crippen LogP contribution >= 0.6 is 0 Å². The SMILES string of the molecule is O=C1[C@@H]2[C@H](C(=O)N1Cc1ccccc1)[C@H]1C=C[C@H]2C12C[C@H]2c1ccccc1. The summed E-state index contributed by atoms with van der Waals surface area (Å²) in [6.45, 7) is 0.403. The molecule has 3 fully saturated rings. The molecular weight excluding hydrogens is 334 g/mol.